The first-order valence-corrected chi connectivity index (χ1v) is 8.23. The molecular formula is C20H15N3O3. The molecule has 0 unspecified atom stereocenters. The van der Waals surface area contributed by atoms with E-state index in [0.717, 1.165) is 21.8 Å². The number of aromatic nitrogens is 2. The van der Waals surface area contributed by atoms with Gasteiger partial charge in [0.2, 0.25) is 0 Å². The van der Waals surface area contributed by atoms with E-state index in [4.69, 9.17) is 9.72 Å². The fourth-order valence-corrected chi connectivity index (χ4v) is 2.87. The Kier molecular flexibility index (Phi) is 3.93. The average Bonchev–Trinajstić information content (AvgIpc) is 2.66. The Hall–Kier alpha value is -3.54. The minimum absolute atomic E-state index is 0.147. The zero-order valence-corrected chi connectivity index (χ0v) is 14.0. The van der Waals surface area contributed by atoms with E-state index in [1.165, 1.54) is 0 Å². The number of anilines is 1. The zero-order valence-electron chi connectivity index (χ0n) is 14.0. The fourth-order valence-electron chi connectivity index (χ4n) is 2.87. The second-order valence-electron chi connectivity index (χ2n) is 5.76. The van der Waals surface area contributed by atoms with E-state index in [9.17, 15) is 9.59 Å². The monoisotopic (exact) mass is 345 g/mol. The highest BCUT2D eigenvalue weighted by atomic mass is 16.5. The van der Waals surface area contributed by atoms with Crippen LogP contribution in [-0.2, 0) is 14.3 Å². The Morgan fingerprint density at radius 3 is 2.62 bits per heavy atom. The van der Waals surface area contributed by atoms with E-state index < -0.39 is 11.9 Å². The number of carbonyl (C=O) groups is 2. The van der Waals surface area contributed by atoms with Gasteiger partial charge in [-0.15, -0.1) is 0 Å². The largest absolute Gasteiger partial charge is 0.459 e. The van der Waals surface area contributed by atoms with Gasteiger partial charge in [-0.2, -0.15) is 0 Å². The third-order valence-corrected chi connectivity index (χ3v) is 4.05. The molecule has 4 rings (SSSR count). The number of esters is 1. The smallest absolute Gasteiger partial charge is 0.397 e. The minimum Gasteiger partial charge on any atom is -0.459 e. The lowest BCUT2D eigenvalue weighted by Gasteiger charge is -2.07. The van der Waals surface area contributed by atoms with Crippen LogP contribution in [0.4, 0.5) is 5.69 Å². The summed E-state index contributed by atoms with van der Waals surface area (Å²) >= 11 is 0. The molecule has 0 atom stereocenters. The van der Waals surface area contributed by atoms with Gasteiger partial charge in [0.1, 0.15) is 0 Å². The van der Waals surface area contributed by atoms with Crippen LogP contribution < -0.4 is 5.32 Å². The quantitative estimate of drug-likeness (QED) is 0.260. The number of fused-ring (bicyclic) bond motifs is 4. The van der Waals surface area contributed by atoms with E-state index in [2.05, 4.69) is 10.3 Å². The summed E-state index contributed by atoms with van der Waals surface area (Å²) in [4.78, 5) is 32.6. The highest BCUT2D eigenvalue weighted by molar-refractivity contribution is 6.37. The topological polar surface area (TPSA) is 81.2 Å². The Morgan fingerprint density at radius 1 is 0.962 bits per heavy atom. The Bertz CT molecular complexity index is 1170. The number of carbonyl (C=O) groups excluding carboxylic acids is 2. The standard InChI is InChI=1S/C20H15N3O3/c1-2-26-20(25)19(24)21-13-8-10-15-17(11-13)23-18-14-6-4-3-5-12(14)7-9-16(18)22-15/h3-11H,2H2,1H3,(H,21,24). The summed E-state index contributed by atoms with van der Waals surface area (Å²) in [5.41, 5.74) is 3.41. The summed E-state index contributed by atoms with van der Waals surface area (Å²) in [5.74, 6) is -1.73. The molecule has 0 bridgehead atoms. The van der Waals surface area contributed by atoms with Gasteiger partial charge < -0.3 is 10.1 Å². The van der Waals surface area contributed by atoms with E-state index >= 15 is 0 Å². The molecule has 3 aromatic carbocycles. The third kappa shape index (κ3) is 2.82. The molecule has 0 aliphatic heterocycles. The van der Waals surface area contributed by atoms with Crippen LogP contribution in [0.3, 0.4) is 0 Å². The average molecular weight is 345 g/mol. The number of nitrogens with zero attached hydrogens (tertiary/aromatic N) is 2. The third-order valence-electron chi connectivity index (χ3n) is 4.05. The van der Waals surface area contributed by atoms with Crippen molar-refractivity contribution in [3.63, 3.8) is 0 Å². The molecule has 6 heteroatoms. The van der Waals surface area contributed by atoms with Gasteiger partial charge in [-0.3, -0.25) is 4.79 Å². The first-order valence-electron chi connectivity index (χ1n) is 8.23. The van der Waals surface area contributed by atoms with Gasteiger partial charge in [-0.25, -0.2) is 14.8 Å². The lowest BCUT2D eigenvalue weighted by atomic mass is 10.1. The van der Waals surface area contributed by atoms with Crippen LogP contribution in [0.2, 0.25) is 0 Å². The first-order chi connectivity index (χ1) is 12.7. The lowest BCUT2D eigenvalue weighted by molar-refractivity contribution is -0.152. The summed E-state index contributed by atoms with van der Waals surface area (Å²) in [6, 6.07) is 17.1. The molecule has 0 aliphatic rings. The molecule has 4 aromatic rings. The first kappa shape index (κ1) is 16.0. The molecule has 26 heavy (non-hydrogen) atoms. The molecule has 0 saturated heterocycles. The van der Waals surface area contributed by atoms with E-state index in [1.807, 2.05) is 36.4 Å². The Balaban J connectivity index is 1.79. The normalized spacial score (nSPS) is 11.0. The minimum atomic E-state index is -0.914. The zero-order chi connectivity index (χ0) is 18.1. The van der Waals surface area contributed by atoms with Crippen LogP contribution in [-0.4, -0.2) is 28.5 Å². The predicted octanol–water partition coefficient (Wildman–Crippen LogP) is 3.44. The predicted molar refractivity (Wildman–Crippen MR) is 99.8 cm³/mol. The molecule has 128 valence electrons. The summed E-state index contributed by atoms with van der Waals surface area (Å²) in [6.45, 7) is 1.79. The maximum atomic E-state index is 11.8. The number of benzene rings is 3. The van der Waals surface area contributed by atoms with Crippen molar-refractivity contribution in [1.82, 2.24) is 9.97 Å². The second-order valence-corrected chi connectivity index (χ2v) is 5.76. The molecule has 0 spiro atoms. The number of nitrogens with one attached hydrogen (secondary N) is 1. The van der Waals surface area contributed by atoms with Crippen LogP contribution in [0, 0.1) is 0 Å². The van der Waals surface area contributed by atoms with E-state index in [0.29, 0.717) is 16.7 Å². The van der Waals surface area contributed by atoms with Crippen LogP contribution in [0.5, 0.6) is 0 Å². The second kappa shape index (κ2) is 6.40. The molecule has 0 radical (unpaired) electrons. The van der Waals surface area contributed by atoms with Gasteiger partial charge in [-0.05, 0) is 36.6 Å². The number of ether oxygens (including phenoxy) is 1. The maximum Gasteiger partial charge on any atom is 0.397 e. The van der Waals surface area contributed by atoms with Crippen molar-refractivity contribution in [3.8, 4) is 0 Å². The van der Waals surface area contributed by atoms with Gasteiger partial charge in [0, 0.05) is 11.1 Å². The molecule has 6 nitrogen and oxygen atoms in total. The van der Waals surface area contributed by atoms with E-state index in [1.54, 1.807) is 25.1 Å². The molecule has 0 aliphatic carbocycles. The van der Waals surface area contributed by atoms with Gasteiger partial charge in [0.15, 0.2) is 0 Å². The van der Waals surface area contributed by atoms with Crippen LogP contribution in [0.15, 0.2) is 54.6 Å². The molecular weight excluding hydrogens is 330 g/mol. The molecule has 1 heterocycles. The number of amides is 1. The van der Waals surface area contributed by atoms with Crippen molar-refractivity contribution in [2.75, 3.05) is 11.9 Å². The highest BCUT2D eigenvalue weighted by Crippen LogP contribution is 2.25. The van der Waals surface area contributed by atoms with Crippen molar-refractivity contribution in [2.24, 2.45) is 0 Å². The summed E-state index contributed by atoms with van der Waals surface area (Å²) in [5, 5.41) is 4.62. The molecule has 0 saturated carbocycles. The number of hydrogen-bond donors (Lipinski definition) is 1. The maximum absolute atomic E-state index is 11.8. The number of hydrogen-bond acceptors (Lipinski definition) is 5. The Morgan fingerprint density at radius 2 is 1.77 bits per heavy atom. The fraction of sp³-hybridized carbons (Fsp3) is 0.100. The van der Waals surface area contributed by atoms with Gasteiger partial charge in [0.05, 0.1) is 28.7 Å². The van der Waals surface area contributed by atoms with Gasteiger partial charge >= 0.3 is 11.9 Å². The summed E-state index contributed by atoms with van der Waals surface area (Å²) in [6.07, 6.45) is 0. The molecule has 1 aromatic heterocycles. The molecule has 1 amide bonds. The Labute approximate surface area is 148 Å². The summed E-state index contributed by atoms with van der Waals surface area (Å²) in [7, 11) is 0. The van der Waals surface area contributed by atoms with Crippen molar-refractivity contribution in [3.05, 3.63) is 54.6 Å². The van der Waals surface area contributed by atoms with Crippen molar-refractivity contribution >= 4 is 50.4 Å². The van der Waals surface area contributed by atoms with Crippen LogP contribution >= 0.6 is 0 Å². The van der Waals surface area contributed by atoms with E-state index in [-0.39, 0.29) is 6.61 Å². The van der Waals surface area contributed by atoms with Crippen LogP contribution in [0.1, 0.15) is 6.92 Å². The highest BCUT2D eigenvalue weighted by Gasteiger charge is 2.15. The number of rotatable bonds is 2. The van der Waals surface area contributed by atoms with Gasteiger partial charge in [-0.1, -0.05) is 30.3 Å². The van der Waals surface area contributed by atoms with Crippen molar-refractivity contribution in [1.29, 1.82) is 0 Å². The van der Waals surface area contributed by atoms with Crippen molar-refractivity contribution in [2.45, 2.75) is 6.92 Å². The van der Waals surface area contributed by atoms with Crippen LogP contribution in [0.25, 0.3) is 32.8 Å². The van der Waals surface area contributed by atoms with Crippen molar-refractivity contribution < 1.29 is 14.3 Å². The molecule has 1 N–H and O–H groups in total. The summed E-state index contributed by atoms with van der Waals surface area (Å²) < 4.78 is 4.69. The van der Waals surface area contributed by atoms with Gasteiger partial charge in [0.25, 0.3) is 0 Å². The SMILES string of the molecule is CCOC(=O)C(=O)Nc1ccc2nc3ccc4ccccc4c3nc2c1. The molecule has 0 fully saturated rings. The lowest BCUT2D eigenvalue weighted by Crippen LogP contribution is -2.24.